The Morgan fingerprint density at radius 3 is 2.60 bits per heavy atom. The molecular formula is C10H5ClF3N. The van der Waals surface area contributed by atoms with E-state index in [-0.39, 0.29) is 0 Å². The Morgan fingerprint density at radius 1 is 1.20 bits per heavy atom. The lowest BCUT2D eigenvalue weighted by Gasteiger charge is -2.06. The van der Waals surface area contributed by atoms with Gasteiger partial charge >= 0.3 is 6.18 Å². The van der Waals surface area contributed by atoms with Gasteiger partial charge in [0.15, 0.2) is 0 Å². The second-order valence-electron chi connectivity index (χ2n) is 3.03. The number of pyridine rings is 1. The quantitative estimate of drug-likeness (QED) is 0.670. The van der Waals surface area contributed by atoms with Crippen molar-refractivity contribution < 1.29 is 13.2 Å². The van der Waals surface area contributed by atoms with E-state index < -0.39 is 11.9 Å². The zero-order chi connectivity index (χ0) is 11.1. The SMILES string of the molecule is FC(F)(F)c1cc2cccc(Cl)c2cn1. The number of benzene rings is 1. The van der Waals surface area contributed by atoms with E-state index in [1.54, 1.807) is 18.2 Å². The lowest BCUT2D eigenvalue weighted by Crippen LogP contribution is -2.07. The van der Waals surface area contributed by atoms with Crippen molar-refractivity contribution in [2.24, 2.45) is 0 Å². The summed E-state index contributed by atoms with van der Waals surface area (Å²) < 4.78 is 37.0. The molecule has 15 heavy (non-hydrogen) atoms. The average Bonchev–Trinajstić information content (AvgIpc) is 2.16. The lowest BCUT2D eigenvalue weighted by atomic mass is 10.1. The molecular weight excluding hydrogens is 227 g/mol. The second-order valence-corrected chi connectivity index (χ2v) is 3.44. The monoisotopic (exact) mass is 231 g/mol. The normalized spacial score (nSPS) is 12.0. The molecule has 1 nitrogen and oxygen atoms in total. The number of aromatic nitrogens is 1. The molecule has 0 amide bonds. The molecule has 0 bridgehead atoms. The summed E-state index contributed by atoms with van der Waals surface area (Å²) in [6.07, 6.45) is -3.28. The minimum absolute atomic E-state index is 0.397. The third-order valence-electron chi connectivity index (χ3n) is 2.00. The van der Waals surface area contributed by atoms with Gasteiger partial charge in [-0.2, -0.15) is 13.2 Å². The molecule has 0 saturated heterocycles. The van der Waals surface area contributed by atoms with E-state index in [1.807, 2.05) is 0 Å². The molecule has 0 aliphatic rings. The molecule has 0 fully saturated rings. The Hall–Kier alpha value is -1.29. The number of alkyl halides is 3. The van der Waals surface area contributed by atoms with Crippen LogP contribution in [-0.4, -0.2) is 4.98 Å². The topological polar surface area (TPSA) is 12.9 Å². The van der Waals surface area contributed by atoms with Crippen LogP contribution in [0.1, 0.15) is 5.69 Å². The number of halogens is 4. The van der Waals surface area contributed by atoms with Gasteiger partial charge in [-0.1, -0.05) is 23.7 Å². The van der Waals surface area contributed by atoms with Crippen molar-refractivity contribution in [2.45, 2.75) is 6.18 Å². The number of nitrogens with zero attached hydrogens (tertiary/aromatic N) is 1. The van der Waals surface area contributed by atoms with Crippen molar-refractivity contribution in [3.63, 3.8) is 0 Å². The van der Waals surface area contributed by atoms with Crippen LogP contribution in [0.3, 0.4) is 0 Å². The molecule has 0 N–H and O–H groups in total. The highest BCUT2D eigenvalue weighted by atomic mass is 35.5. The standard InChI is InChI=1S/C10H5ClF3N/c11-8-3-1-2-6-4-9(10(12,13)14)15-5-7(6)8/h1-5H. The fourth-order valence-electron chi connectivity index (χ4n) is 1.29. The Labute approximate surface area is 88.5 Å². The van der Waals surface area contributed by atoms with E-state index in [4.69, 9.17) is 11.6 Å². The fraction of sp³-hybridized carbons (Fsp3) is 0.100. The lowest BCUT2D eigenvalue weighted by molar-refractivity contribution is -0.141. The fourth-order valence-corrected chi connectivity index (χ4v) is 1.52. The van der Waals surface area contributed by atoms with Crippen LogP contribution in [0, 0.1) is 0 Å². The maximum atomic E-state index is 12.3. The van der Waals surface area contributed by atoms with Gasteiger partial charge in [-0.05, 0) is 17.5 Å². The number of hydrogen-bond acceptors (Lipinski definition) is 1. The van der Waals surface area contributed by atoms with Gasteiger partial charge in [-0.15, -0.1) is 0 Å². The summed E-state index contributed by atoms with van der Waals surface area (Å²) in [5.41, 5.74) is -0.905. The minimum atomic E-state index is -4.42. The summed E-state index contributed by atoms with van der Waals surface area (Å²) in [4.78, 5) is 3.33. The predicted molar refractivity (Wildman–Crippen MR) is 51.8 cm³/mol. The minimum Gasteiger partial charge on any atom is -0.251 e. The zero-order valence-corrected chi connectivity index (χ0v) is 8.10. The molecule has 0 unspecified atom stereocenters. The van der Waals surface area contributed by atoms with Gasteiger partial charge in [0.1, 0.15) is 5.69 Å². The molecule has 0 saturated carbocycles. The largest absolute Gasteiger partial charge is 0.433 e. The average molecular weight is 232 g/mol. The third-order valence-corrected chi connectivity index (χ3v) is 2.33. The molecule has 78 valence electrons. The van der Waals surface area contributed by atoms with Crippen LogP contribution in [-0.2, 0) is 6.18 Å². The Kier molecular flexibility index (Phi) is 2.31. The van der Waals surface area contributed by atoms with Crippen LogP contribution in [0.4, 0.5) is 13.2 Å². The number of rotatable bonds is 0. The number of hydrogen-bond donors (Lipinski definition) is 0. The summed E-state index contributed by atoms with van der Waals surface area (Å²) in [6.45, 7) is 0. The van der Waals surface area contributed by atoms with Crippen LogP contribution in [0.5, 0.6) is 0 Å². The molecule has 5 heteroatoms. The van der Waals surface area contributed by atoms with E-state index in [9.17, 15) is 13.2 Å². The first kappa shape index (κ1) is 10.2. The van der Waals surface area contributed by atoms with E-state index in [1.165, 1.54) is 0 Å². The Morgan fingerprint density at radius 2 is 1.93 bits per heavy atom. The first-order valence-corrected chi connectivity index (χ1v) is 4.48. The molecule has 0 aliphatic carbocycles. The molecule has 2 rings (SSSR count). The molecule has 0 aliphatic heterocycles. The summed E-state index contributed by atoms with van der Waals surface area (Å²) in [5.74, 6) is 0. The van der Waals surface area contributed by atoms with Crippen LogP contribution < -0.4 is 0 Å². The van der Waals surface area contributed by atoms with Gasteiger partial charge in [0.2, 0.25) is 0 Å². The Balaban J connectivity index is 2.68. The van der Waals surface area contributed by atoms with Crippen molar-refractivity contribution in [2.75, 3.05) is 0 Å². The first-order valence-electron chi connectivity index (χ1n) is 4.10. The summed E-state index contributed by atoms with van der Waals surface area (Å²) in [6, 6.07) is 5.77. The van der Waals surface area contributed by atoms with Crippen LogP contribution in [0.25, 0.3) is 10.8 Å². The van der Waals surface area contributed by atoms with Crippen LogP contribution in [0.15, 0.2) is 30.5 Å². The molecule has 0 spiro atoms. The summed E-state index contributed by atoms with van der Waals surface area (Å²) >= 11 is 5.80. The van der Waals surface area contributed by atoms with Crippen LogP contribution in [0.2, 0.25) is 5.02 Å². The molecule has 0 radical (unpaired) electrons. The predicted octanol–water partition coefficient (Wildman–Crippen LogP) is 3.91. The molecule has 1 aromatic heterocycles. The first-order chi connectivity index (χ1) is 6.98. The van der Waals surface area contributed by atoms with Gasteiger partial charge in [0.25, 0.3) is 0 Å². The van der Waals surface area contributed by atoms with Crippen molar-refractivity contribution >= 4 is 22.4 Å². The molecule has 1 heterocycles. The maximum absolute atomic E-state index is 12.3. The Bertz CT molecular complexity index is 507. The molecule has 0 atom stereocenters. The van der Waals surface area contributed by atoms with E-state index in [0.29, 0.717) is 15.8 Å². The second kappa shape index (κ2) is 3.38. The summed E-state index contributed by atoms with van der Waals surface area (Å²) in [5, 5.41) is 1.35. The highest BCUT2D eigenvalue weighted by Crippen LogP contribution is 2.31. The highest BCUT2D eigenvalue weighted by Gasteiger charge is 2.32. The smallest absolute Gasteiger partial charge is 0.251 e. The van der Waals surface area contributed by atoms with E-state index in [0.717, 1.165) is 12.3 Å². The van der Waals surface area contributed by atoms with Crippen molar-refractivity contribution in [3.8, 4) is 0 Å². The van der Waals surface area contributed by atoms with Gasteiger partial charge in [0, 0.05) is 16.6 Å². The highest BCUT2D eigenvalue weighted by molar-refractivity contribution is 6.35. The third kappa shape index (κ3) is 1.90. The van der Waals surface area contributed by atoms with Crippen molar-refractivity contribution in [1.29, 1.82) is 0 Å². The van der Waals surface area contributed by atoms with Gasteiger partial charge in [0.05, 0.1) is 0 Å². The number of fused-ring (bicyclic) bond motifs is 1. The van der Waals surface area contributed by atoms with Gasteiger partial charge < -0.3 is 0 Å². The van der Waals surface area contributed by atoms with Gasteiger partial charge in [-0.3, -0.25) is 4.98 Å². The van der Waals surface area contributed by atoms with Crippen LogP contribution >= 0.6 is 11.6 Å². The van der Waals surface area contributed by atoms with E-state index in [2.05, 4.69) is 4.98 Å². The van der Waals surface area contributed by atoms with E-state index >= 15 is 0 Å². The molecule has 2 aromatic rings. The van der Waals surface area contributed by atoms with Crippen molar-refractivity contribution in [1.82, 2.24) is 4.98 Å². The van der Waals surface area contributed by atoms with Crippen molar-refractivity contribution in [3.05, 3.63) is 41.2 Å². The van der Waals surface area contributed by atoms with Gasteiger partial charge in [-0.25, -0.2) is 0 Å². The molecule has 1 aromatic carbocycles. The summed E-state index contributed by atoms with van der Waals surface area (Å²) in [7, 11) is 0. The zero-order valence-electron chi connectivity index (χ0n) is 7.35. The maximum Gasteiger partial charge on any atom is 0.433 e.